The predicted octanol–water partition coefficient (Wildman–Crippen LogP) is 0.308. The molecule has 0 aromatic heterocycles. The average Bonchev–Trinajstić information content (AvgIpc) is 2.24. The van der Waals surface area contributed by atoms with Gasteiger partial charge in [0.25, 0.3) is 0 Å². The van der Waals surface area contributed by atoms with E-state index in [4.69, 9.17) is 5.11 Å². The molecule has 94 valence electrons. The lowest BCUT2D eigenvalue weighted by atomic mass is 10.2. The van der Waals surface area contributed by atoms with Gasteiger partial charge in [-0.05, 0) is 38.4 Å². The van der Waals surface area contributed by atoms with Crippen LogP contribution in [0.15, 0.2) is 0 Å². The van der Waals surface area contributed by atoms with Crippen LogP contribution in [-0.2, 0) is 9.59 Å². The summed E-state index contributed by atoms with van der Waals surface area (Å²) in [6, 6.07) is -0.755. The van der Waals surface area contributed by atoms with Crippen LogP contribution in [0.3, 0.4) is 0 Å². The summed E-state index contributed by atoms with van der Waals surface area (Å²) < 4.78 is 0. The first-order valence-corrected chi connectivity index (χ1v) is 6.67. The number of aliphatic carboxylic acids is 1. The van der Waals surface area contributed by atoms with E-state index < -0.39 is 12.0 Å². The molecule has 0 aliphatic rings. The van der Waals surface area contributed by atoms with Gasteiger partial charge in [-0.25, -0.2) is 4.79 Å². The topological polar surface area (TPSA) is 78.4 Å². The van der Waals surface area contributed by atoms with Gasteiger partial charge in [0.1, 0.15) is 6.04 Å². The Hall–Kier alpha value is -0.750. The summed E-state index contributed by atoms with van der Waals surface area (Å²) in [6.07, 6.45) is 3.46. The quantitative estimate of drug-likeness (QED) is 0.512. The van der Waals surface area contributed by atoms with Gasteiger partial charge in [0.05, 0.1) is 0 Å². The molecule has 6 heteroatoms. The molecule has 0 aromatic rings. The van der Waals surface area contributed by atoms with E-state index >= 15 is 0 Å². The number of carboxylic acids is 1. The van der Waals surface area contributed by atoms with Gasteiger partial charge in [-0.1, -0.05) is 0 Å². The van der Waals surface area contributed by atoms with Crippen molar-refractivity contribution >= 4 is 23.6 Å². The number of nitrogens with one attached hydrogen (secondary N) is 2. The third-order valence-electron chi connectivity index (χ3n) is 2.07. The molecular formula is C10H20N2O3S. The summed E-state index contributed by atoms with van der Waals surface area (Å²) in [5, 5.41) is 14.3. The first-order valence-electron chi connectivity index (χ1n) is 5.27. The molecule has 0 bridgehead atoms. The number of carboxylic acid groups (broad SMARTS) is 1. The average molecular weight is 248 g/mol. The van der Waals surface area contributed by atoms with Crippen molar-refractivity contribution in [2.75, 3.05) is 25.6 Å². The van der Waals surface area contributed by atoms with Crippen LogP contribution in [0, 0.1) is 0 Å². The van der Waals surface area contributed by atoms with Crippen molar-refractivity contribution in [3.05, 3.63) is 0 Å². The molecule has 1 unspecified atom stereocenters. The number of carbonyl (C=O) groups excluding carboxylic acids is 1. The zero-order valence-corrected chi connectivity index (χ0v) is 10.6. The van der Waals surface area contributed by atoms with Crippen molar-refractivity contribution in [1.29, 1.82) is 0 Å². The SMILES string of the molecule is CNCCCC(=O)NC(CCSC)C(=O)O. The highest BCUT2D eigenvalue weighted by molar-refractivity contribution is 7.98. The van der Waals surface area contributed by atoms with Crippen LogP contribution in [0.2, 0.25) is 0 Å². The minimum atomic E-state index is -0.962. The minimum Gasteiger partial charge on any atom is -0.480 e. The molecule has 0 saturated heterocycles. The van der Waals surface area contributed by atoms with Crippen LogP contribution < -0.4 is 10.6 Å². The maximum atomic E-state index is 11.4. The molecule has 3 N–H and O–H groups in total. The molecule has 0 rings (SSSR count). The van der Waals surface area contributed by atoms with Crippen LogP contribution in [0.4, 0.5) is 0 Å². The van der Waals surface area contributed by atoms with Gasteiger partial charge < -0.3 is 15.7 Å². The van der Waals surface area contributed by atoms with Gasteiger partial charge in [-0.3, -0.25) is 4.79 Å². The van der Waals surface area contributed by atoms with Crippen LogP contribution in [-0.4, -0.2) is 48.6 Å². The maximum Gasteiger partial charge on any atom is 0.326 e. The van der Waals surface area contributed by atoms with E-state index in [2.05, 4.69) is 10.6 Å². The first kappa shape index (κ1) is 15.2. The Morgan fingerprint density at radius 1 is 1.44 bits per heavy atom. The Balaban J connectivity index is 3.88. The number of thioether (sulfide) groups is 1. The van der Waals surface area contributed by atoms with E-state index in [-0.39, 0.29) is 5.91 Å². The Kier molecular flexibility index (Phi) is 9.03. The standard InChI is InChI=1S/C10H20N2O3S/c1-11-6-3-4-9(13)12-8(10(14)15)5-7-16-2/h8,11H,3-7H2,1-2H3,(H,12,13)(H,14,15). The lowest BCUT2D eigenvalue weighted by molar-refractivity contribution is -0.141. The van der Waals surface area contributed by atoms with E-state index in [1.165, 1.54) is 0 Å². The second-order valence-corrected chi connectivity index (χ2v) is 4.43. The Morgan fingerprint density at radius 3 is 2.62 bits per heavy atom. The molecule has 0 fully saturated rings. The molecule has 0 heterocycles. The summed E-state index contributed by atoms with van der Waals surface area (Å²) in [5.74, 6) is -0.423. The van der Waals surface area contributed by atoms with Gasteiger partial charge in [0, 0.05) is 6.42 Å². The van der Waals surface area contributed by atoms with Gasteiger partial charge >= 0.3 is 5.97 Å². The highest BCUT2D eigenvalue weighted by atomic mass is 32.2. The van der Waals surface area contributed by atoms with Gasteiger partial charge in [-0.2, -0.15) is 11.8 Å². The highest BCUT2D eigenvalue weighted by Gasteiger charge is 2.18. The van der Waals surface area contributed by atoms with E-state index in [0.29, 0.717) is 12.8 Å². The van der Waals surface area contributed by atoms with E-state index in [1.54, 1.807) is 11.8 Å². The normalized spacial score (nSPS) is 12.1. The second kappa shape index (κ2) is 9.47. The predicted molar refractivity (Wildman–Crippen MR) is 65.7 cm³/mol. The zero-order chi connectivity index (χ0) is 12.4. The molecule has 0 aliphatic heterocycles. The third kappa shape index (κ3) is 7.53. The monoisotopic (exact) mass is 248 g/mol. The van der Waals surface area contributed by atoms with Crippen LogP contribution in [0.25, 0.3) is 0 Å². The molecule has 0 radical (unpaired) electrons. The number of rotatable bonds is 9. The van der Waals surface area contributed by atoms with Crippen molar-refractivity contribution in [2.45, 2.75) is 25.3 Å². The molecule has 16 heavy (non-hydrogen) atoms. The molecule has 0 aromatic carbocycles. The maximum absolute atomic E-state index is 11.4. The summed E-state index contributed by atoms with van der Waals surface area (Å²) in [5.41, 5.74) is 0. The lowest BCUT2D eigenvalue weighted by Crippen LogP contribution is -2.41. The van der Waals surface area contributed by atoms with Crippen molar-refractivity contribution in [3.63, 3.8) is 0 Å². The summed E-state index contributed by atoms with van der Waals surface area (Å²) >= 11 is 1.57. The van der Waals surface area contributed by atoms with Gasteiger partial charge in [-0.15, -0.1) is 0 Å². The first-order chi connectivity index (χ1) is 7.61. The number of amides is 1. The van der Waals surface area contributed by atoms with Crippen molar-refractivity contribution in [3.8, 4) is 0 Å². The van der Waals surface area contributed by atoms with Gasteiger partial charge in [0.15, 0.2) is 0 Å². The summed E-state index contributed by atoms with van der Waals surface area (Å²) in [7, 11) is 1.82. The smallest absolute Gasteiger partial charge is 0.326 e. The zero-order valence-electron chi connectivity index (χ0n) is 9.78. The Bertz CT molecular complexity index is 224. The minimum absolute atomic E-state index is 0.191. The van der Waals surface area contributed by atoms with E-state index in [0.717, 1.165) is 18.7 Å². The molecule has 1 amide bonds. The largest absolute Gasteiger partial charge is 0.480 e. The lowest BCUT2D eigenvalue weighted by Gasteiger charge is -2.13. The number of carbonyl (C=O) groups is 2. The molecular weight excluding hydrogens is 228 g/mol. The third-order valence-corrected chi connectivity index (χ3v) is 2.72. The van der Waals surface area contributed by atoms with Crippen molar-refractivity contribution in [2.24, 2.45) is 0 Å². The second-order valence-electron chi connectivity index (χ2n) is 3.45. The molecule has 0 aliphatic carbocycles. The molecule has 0 saturated carbocycles. The summed E-state index contributed by atoms with van der Waals surface area (Å²) in [4.78, 5) is 22.2. The van der Waals surface area contributed by atoms with Crippen LogP contribution >= 0.6 is 11.8 Å². The van der Waals surface area contributed by atoms with Crippen LogP contribution in [0.1, 0.15) is 19.3 Å². The molecule has 0 spiro atoms. The van der Waals surface area contributed by atoms with E-state index in [1.807, 2.05) is 13.3 Å². The number of hydrogen-bond acceptors (Lipinski definition) is 4. The Labute approximate surface area is 100 Å². The van der Waals surface area contributed by atoms with Gasteiger partial charge in [0.2, 0.25) is 5.91 Å². The fraction of sp³-hybridized carbons (Fsp3) is 0.800. The van der Waals surface area contributed by atoms with Crippen molar-refractivity contribution in [1.82, 2.24) is 10.6 Å². The fourth-order valence-electron chi connectivity index (χ4n) is 1.19. The molecule has 5 nitrogen and oxygen atoms in total. The van der Waals surface area contributed by atoms with Crippen molar-refractivity contribution < 1.29 is 14.7 Å². The Morgan fingerprint density at radius 2 is 2.12 bits per heavy atom. The van der Waals surface area contributed by atoms with Crippen LogP contribution in [0.5, 0.6) is 0 Å². The summed E-state index contributed by atoms with van der Waals surface area (Å²) in [6.45, 7) is 0.760. The number of hydrogen-bond donors (Lipinski definition) is 3. The highest BCUT2D eigenvalue weighted by Crippen LogP contribution is 2.01. The fourth-order valence-corrected chi connectivity index (χ4v) is 1.66. The van der Waals surface area contributed by atoms with E-state index in [9.17, 15) is 9.59 Å². The molecule has 1 atom stereocenters.